The summed E-state index contributed by atoms with van der Waals surface area (Å²) in [5.74, 6) is 1.29. The van der Waals surface area contributed by atoms with Gasteiger partial charge in [-0.3, -0.25) is 4.72 Å². The Balaban J connectivity index is 1.54. The van der Waals surface area contributed by atoms with Gasteiger partial charge in [-0.15, -0.1) is 0 Å². The van der Waals surface area contributed by atoms with Crippen LogP contribution < -0.4 is 14.8 Å². The van der Waals surface area contributed by atoms with Crippen LogP contribution in [0.3, 0.4) is 0 Å². The summed E-state index contributed by atoms with van der Waals surface area (Å²) in [4.78, 5) is 10.5. The molecule has 2 N–H and O–H groups in total. The van der Waals surface area contributed by atoms with E-state index in [4.69, 9.17) is 21.3 Å². The van der Waals surface area contributed by atoms with Crippen LogP contribution in [-0.2, 0) is 11.0 Å². The largest absolute Gasteiger partial charge is 0.495 e. The van der Waals surface area contributed by atoms with E-state index in [0.29, 0.717) is 21.5 Å². The number of ether oxygens (including phenoxy) is 1. The van der Waals surface area contributed by atoms with Crippen molar-refractivity contribution in [3.05, 3.63) is 46.9 Å². The minimum atomic E-state index is -1.54. The number of anilines is 2. The molecule has 0 amide bonds. The van der Waals surface area contributed by atoms with E-state index in [0.717, 1.165) is 39.3 Å². The van der Waals surface area contributed by atoms with Gasteiger partial charge in [-0.25, -0.2) is 14.2 Å². The number of aryl methyl sites for hydroxylation is 2. The van der Waals surface area contributed by atoms with Crippen LogP contribution in [0.1, 0.15) is 43.4 Å². The number of aromatic nitrogens is 2. The van der Waals surface area contributed by atoms with E-state index in [9.17, 15) is 4.21 Å². The zero-order valence-corrected chi connectivity index (χ0v) is 21.5. The Morgan fingerprint density at radius 1 is 1.21 bits per heavy atom. The van der Waals surface area contributed by atoms with Crippen molar-refractivity contribution in [1.82, 2.24) is 9.97 Å². The van der Waals surface area contributed by atoms with Gasteiger partial charge in [0.1, 0.15) is 15.8 Å². The number of nitrogens with zero attached hydrogens (tertiary/aromatic N) is 2. The van der Waals surface area contributed by atoms with E-state index >= 15 is 0 Å². The van der Waals surface area contributed by atoms with Crippen LogP contribution in [-0.4, -0.2) is 27.8 Å². The van der Waals surface area contributed by atoms with Crippen LogP contribution >= 0.6 is 22.9 Å². The molecule has 0 aliphatic heterocycles. The lowest BCUT2D eigenvalue weighted by Gasteiger charge is -2.21. The number of nitrogens with one attached hydrogen (secondary N) is 2. The molecule has 176 valence electrons. The number of hydrogen-bond acceptors (Lipinski definition) is 6. The van der Waals surface area contributed by atoms with Crippen LogP contribution in [0.2, 0.25) is 5.15 Å². The van der Waals surface area contributed by atoms with E-state index in [2.05, 4.69) is 15.0 Å². The number of halogens is 1. The van der Waals surface area contributed by atoms with Gasteiger partial charge in [0.25, 0.3) is 0 Å². The third-order valence-electron chi connectivity index (χ3n) is 5.91. The SMILES string of the molecule is COc1ccc(-c2sc(NCC3CCCCC3)nc2C)cc1S(=O)Nc1cnc(Cl)c(C)c1. The number of pyridine rings is 1. The van der Waals surface area contributed by atoms with Gasteiger partial charge in [-0.05, 0) is 68.0 Å². The molecule has 1 aromatic carbocycles. The average molecular weight is 505 g/mol. The lowest BCUT2D eigenvalue weighted by atomic mass is 9.89. The first-order valence-corrected chi connectivity index (χ1v) is 13.5. The fourth-order valence-electron chi connectivity index (χ4n) is 4.10. The summed E-state index contributed by atoms with van der Waals surface area (Å²) in [6, 6.07) is 7.56. The van der Waals surface area contributed by atoms with Crippen LogP contribution in [0.4, 0.5) is 10.8 Å². The molecule has 6 nitrogen and oxygen atoms in total. The topological polar surface area (TPSA) is 76.1 Å². The molecule has 1 aliphatic carbocycles. The molecule has 9 heteroatoms. The number of rotatable bonds is 8. The van der Waals surface area contributed by atoms with E-state index in [1.54, 1.807) is 24.6 Å². The fourth-order valence-corrected chi connectivity index (χ4v) is 6.18. The number of thiazole rings is 1. The van der Waals surface area contributed by atoms with Gasteiger partial charge in [0.15, 0.2) is 16.1 Å². The molecule has 1 atom stereocenters. The van der Waals surface area contributed by atoms with Crippen LogP contribution in [0.25, 0.3) is 10.4 Å². The van der Waals surface area contributed by atoms with Gasteiger partial charge in [0.05, 0.1) is 29.6 Å². The number of methoxy groups -OCH3 is 1. The summed E-state index contributed by atoms with van der Waals surface area (Å²) in [6.07, 6.45) is 8.20. The van der Waals surface area contributed by atoms with Gasteiger partial charge >= 0.3 is 0 Å². The van der Waals surface area contributed by atoms with Crippen molar-refractivity contribution in [3.63, 3.8) is 0 Å². The van der Waals surface area contributed by atoms with E-state index in [1.165, 1.54) is 32.1 Å². The van der Waals surface area contributed by atoms with Gasteiger partial charge in [-0.1, -0.05) is 42.2 Å². The average Bonchev–Trinajstić information content (AvgIpc) is 3.20. The van der Waals surface area contributed by atoms with Crippen LogP contribution in [0, 0.1) is 19.8 Å². The first kappa shape index (κ1) is 24.0. The third kappa shape index (κ3) is 5.86. The summed E-state index contributed by atoms with van der Waals surface area (Å²) in [6.45, 7) is 4.85. The normalized spacial score (nSPS) is 15.3. The number of benzene rings is 1. The summed E-state index contributed by atoms with van der Waals surface area (Å²) >= 11 is 7.64. The zero-order valence-electron chi connectivity index (χ0n) is 19.1. The Kier molecular flexibility index (Phi) is 7.88. The summed E-state index contributed by atoms with van der Waals surface area (Å²) in [7, 11) is 0.0374. The molecular formula is C24H29ClN4O2S2. The van der Waals surface area contributed by atoms with Gasteiger partial charge in [0.2, 0.25) is 0 Å². The van der Waals surface area contributed by atoms with Gasteiger partial charge in [-0.2, -0.15) is 0 Å². The van der Waals surface area contributed by atoms with Crippen molar-refractivity contribution in [2.75, 3.05) is 23.7 Å². The highest BCUT2D eigenvalue weighted by Crippen LogP contribution is 2.36. The van der Waals surface area contributed by atoms with Crippen molar-refractivity contribution in [1.29, 1.82) is 0 Å². The Morgan fingerprint density at radius 2 is 2.00 bits per heavy atom. The lowest BCUT2D eigenvalue weighted by Crippen LogP contribution is -2.16. The molecular weight excluding hydrogens is 476 g/mol. The highest BCUT2D eigenvalue weighted by molar-refractivity contribution is 7.86. The first-order valence-electron chi connectivity index (χ1n) is 11.1. The monoisotopic (exact) mass is 504 g/mol. The maximum absolute atomic E-state index is 13.2. The molecule has 2 heterocycles. The summed E-state index contributed by atoms with van der Waals surface area (Å²) in [5.41, 5.74) is 3.37. The second-order valence-corrected chi connectivity index (χ2v) is 10.9. The van der Waals surface area contributed by atoms with Gasteiger partial charge in [0, 0.05) is 6.54 Å². The molecule has 4 rings (SSSR count). The van der Waals surface area contributed by atoms with Crippen molar-refractivity contribution in [2.45, 2.75) is 50.8 Å². The molecule has 3 aromatic rings. The van der Waals surface area contributed by atoms with Crippen LogP contribution in [0.15, 0.2) is 35.4 Å². The molecule has 0 spiro atoms. The van der Waals surface area contributed by atoms with Crippen LogP contribution in [0.5, 0.6) is 5.75 Å². The van der Waals surface area contributed by atoms with Crippen molar-refractivity contribution < 1.29 is 8.95 Å². The molecule has 1 aliphatic rings. The molecule has 0 saturated heterocycles. The standard InChI is InChI=1S/C24H29ClN4O2S2/c1-15-11-19(14-26-23(15)25)29-33(30)21-12-18(9-10-20(21)31-3)22-16(2)28-24(32-22)27-13-17-7-5-4-6-8-17/h9-12,14,17,29H,4-8,13H2,1-3H3,(H,27,28). The predicted octanol–water partition coefficient (Wildman–Crippen LogP) is 6.61. The highest BCUT2D eigenvalue weighted by Gasteiger charge is 2.18. The Labute approximate surface area is 206 Å². The maximum atomic E-state index is 13.2. The smallest absolute Gasteiger partial charge is 0.183 e. The van der Waals surface area contributed by atoms with E-state index in [1.807, 2.05) is 38.1 Å². The second-order valence-electron chi connectivity index (χ2n) is 8.39. The molecule has 1 fully saturated rings. The second kappa shape index (κ2) is 10.8. The summed E-state index contributed by atoms with van der Waals surface area (Å²) < 4.78 is 21.7. The highest BCUT2D eigenvalue weighted by atomic mass is 35.5. The van der Waals surface area contributed by atoms with Crippen molar-refractivity contribution >= 4 is 44.7 Å². The predicted molar refractivity (Wildman–Crippen MR) is 138 cm³/mol. The maximum Gasteiger partial charge on any atom is 0.183 e. The quantitative estimate of drug-likeness (QED) is 0.337. The zero-order chi connectivity index (χ0) is 23.4. The molecule has 33 heavy (non-hydrogen) atoms. The Morgan fingerprint density at radius 3 is 2.73 bits per heavy atom. The Hall–Kier alpha value is -2.16. The van der Waals surface area contributed by atoms with Crippen molar-refractivity contribution in [3.8, 4) is 16.2 Å². The molecule has 2 aromatic heterocycles. The molecule has 1 unspecified atom stereocenters. The lowest BCUT2D eigenvalue weighted by molar-refractivity contribution is 0.373. The van der Waals surface area contributed by atoms with E-state index < -0.39 is 11.0 Å². The molecule has 0 bridgehead atoms. The fraction of sp³-hybridized carbons (Fsp3) is 0.417. The Bertz CT molecular complexity index is 1150. The third-order valence-corrected chi connectivity index (χ3v) is 8.61. The molecule has 0 radical (unpaired) electrons. The number of hydrogen-bond donors (Lipinski definition) is 2. The van der Waals surface area contributed by atoms with Crippen molar-refractivity contribution in [2.24, 2.45) is 5.92 Å². The van der Waals surface area contributed by atoms with Gasteiger partial charge < -0.3 is 10.1 Å². The first-order chi connectivity index (χ1) is 15.9. The minimum Gasteiger partial charge on any atom is -0.495 e. The summed E-state index contributed by atoms with van der Waals surface area (Å²) in [5, 5.41) is 4.91. The molecule has 1 saturated carbocycles. The minimum absolute atomic E-state index is 0.430. The van der Waals surface area contributed by atoms with E-state index in [-0.39, 0.29) is 0 Å².